The Bertz CT molecular complexity index is 243. The van der Waals surface area contributed by atoms with Gasteiger partial charge in [0.15, 0.2) is 0 Å². The third kappa shape index (κ3) is 19.4. The zero-order valence-electron chi connectivity index (χ0n) is 11.5. The van der Waals surface area contributed by atoms with Crippen LogP contribution in [0.4, 0.5) is 0 Å². The Labute approximate surface area is 129 Å². The Morgan fingerprint density at radius 2 is 1.12 bits per heavy atom. The molecule has 0 aromatic carbocycles. The van der Waals surface area contributed by atoms with Gasteiger partial charge in [-0.15, -0.1) is 0 Å². The molecule has 0 spiro atoms. The molecule has 98 valence electrons. The van der Waals surface area contributed by atoms with Gasteiger partial charge in [0.1, 0.15) is 0 Å². The van der Waals surface area contributed by atoms with E-state index in [-0.39, 0.29) is 35.3 Å². The maximum absolute atomic E-state index is 10.5. The van der Waals surface area contributed by atoms with E-state index in [2.05, 4.69) is 6.92 Å². The maximum atomic E-state index is 10.5. The topological polar surface area (TPSA) is 57.9 Å². The SMILES string of the molecule is CCCCCCCCCCCCS([NH-])(=O)=O.[Na+]. The van der Waals surface area contributed by atoms with Crippen LogP contribution in [-0.4, -0.2) is 14.2 Å². The van der Waals surface area contributed by atoms with E-state index in [1.165, 1.54) is 44.9 Å². The molecule has 1 N–H and O–H groups in total. The zero-order chi connectivity index (χ0) is 12.3. The predicted molar refractivity (Wildman–Crippen MR) is 70.0 cm³/mol. The Balaban J connectivity index is 0. The molecular weight excluding hydrogens is 245 g/mol. The molecule has 0 saturated heterocycles. The van der Waals surface area contributed by atoms with Crippen molar-refractivity contribution < 1.29 is 38.0 Å². The molecule has 0 atom stereocenters. The van der Waals surface area contributed by atoms with Crippen LogP contribution in [0.1, 0.15) is 71.1 Å². The number of rotatable bonds is 11. The number of unbranched alkanes of at least 4 members (excludes halogenated alkanes) is 9. The second-order valence-corrected chi connectivity index (χ2v) is 6.14. The van der Waals surface area contributed by atoms with Crippen molar-refractivity contribution in [2.24, 2.45) is 0 Å². The Kier molecular flexibility index (Phi) is 15.9. The molecule has 0 rings (SSSR count). The molecule has 0 aromatic rings. The molecule has 5 heteroatoms. The van der Waals surface area contributed by atoms with Crippen LogP contribution in [0.3, 0.4) is 0 Å². The van der Waals surface area contributed by atoms with E-state index in [0.717, 1.165) is 12.8 Å². The van der Waals surface area contributed by atoms with E-state index >= 15 is 0 Å². The van der Waals surface area contributed by atoms with Crippen LogP contribution in [0.15, 0.2) is 0 Å². The summed E-state index contributed by atoms with van der Waals surface area (Å²) < 4.78 is 21.1. The van der Waals surface area contributed by atoms with Gasteiger partial charge in [0, 0.05) is 5.75 Å². The van der Waals surface area contributed by atoms with Gasteiger partial charge in [0.05, 0.1) is 10.0 Å². The predicted octanol–water partition coefficient (Wildman–Crippen LogP) is 1.29. The molecule has 0 fully saturated rings. The summed E-state index contributed by atoms with van der Waals surface area (Å²) in [6.07, 6.45) is 11.9. The first-order chi connectivity index (χ1) is 7.56. The van der Waals surface area contributed by atoms with Crippen LogP contribution in [0.2, 0.25) is 0 Å². The fraction of sp³-hybridized carbons (Fsp3) is 1.00. The van der Waals surface area contributed by atoms with Gasteiger partial charge in [-0.2, -0.15) is 0 Å². The average molecular weight is 271 g/mol. The first kappa shape index (κ1) is 20.2. The van der Waals surface area contributed by atoms with Gasteiger partial charge in [-0.1, -0.05) is 64.7 Å². The van der Waals surface area contributed by atoms with Crippen molar-refractivity contribution in [3.05, 3.63) is 5.14 Å². The minimum atomic E-state index is -3.48. The van der Waals surface area contributed by atoms with Crippen molar-refractivity contribution in [1.82, 2.24) is 0 Å². The molecule has 3 nitrogen and oxygen atoms in total. The summed E-state index contributed by atoms with van der Waals surface area (Å²) in [7, 11) is -3.48. The fourth-order valence-electron chi connectivity index (χ4n) is 1.78. The van der Waals surface area contributed by atoms with Crippen LogP contribution < -0.4 is 29.6 Å². The van der Waals surface area contributed by atoms with Crippen molar-refractivity contribution in [2.45, 2.75) is 71.1 Å². The van der Waals surface area contributed by atoms with E-state index in [9.17, 15) is 8.42 Å². The molecule has 0 radical (unpaired) electrons. The van der Waals surface area contributed by atoms with Crippen molar-refractivity contribution in [3.63, 3.8) is 0 Å². The molecule has 0 aliphatic heterocycles. The molecule has 0 bridgehead atoms. The summed E-state index contributed by atoms with van der Waals surface area (Å²) >= 11 is 0. The second kappa shape index (κ2) is 13.3. The molecule has 0 aliphatic rings. The normalized spacial score (nSPS) is 11.2. The quantitative estimate of drug-likeness (QED) is 0.420. The minimum absolute atomic E-state index is 0. The number of hydrogen-bond acceptors (Lipinski definition) is 2. The minimum Gasteiger partial charge on any atom is -0.564 e. The summed E-state index contributed by atoms with van der Waals surface area (Å²) in [6, 6.07) is 0. The average Bonchev–Trinajstić information content (AvgIpc) is 2.19. The Morgan fingerprint density at radius 3 is 1.47 bits per heavy atom. The van der Waals surface area contributed by atoms with Crippen LogP contribution in [-0.2, 0) is 10.0 Å². The van der Waals surface area contributed by atoms with E-state index < -0.39 is 10.0 Å². The van der Waals surface area contributed by atoms with Gasteiger partial charge in [0.25, 0.3) is 0 Å². The molecule has 0 amide bonds. The van der Waals surface area contributed by atoms with Crippen molar-refractivity contribution >= 4 is 10.0 Å². The second-order valence-electron chi connectivity index (χ2n) is 4.50. The smallest absolute Gasteiger partial charge is 0.564 e. The first-order valence-corrected chi connectivity index (χ1v) is 8.19. The van der Waals surface area contributed by atoms with Crippen molar-refractivity contribution in [1.29, 1.82) is 0 Å². The molecule has 17 heavy (non-hydrogen) atoms. The number of nitrogens with one attached hydrogen (secondary N) is 1. The van der Waals surface area contributed by atoms with Crippen LogP contribution in [0, 0.1) is 0 Å². The third-order valence-corrected chi connectivity index (χ3v) is 3.59. The van der Waals surface area contributed by atoms with E-state index in [4.69, 9.17) is 5.14 Å². The summed E-state index contributed by atoms with van der Waals surface area (Å²) in [5.74, 6) is 0.0312. The fourth-order valence-corrected chi connectivity index (χ4v) is 2.36. The van der Waals surface area contributed by atoms with E-state index in [1.807, 2.05) is 0 Å². The van der Waals surface area contributed by atoms with E-state index in [1.54, 1.807) is 0 Å². The molecule has 0 aromatic heterocycles. The maximum Gasteiger partial charge on any atom is 1.00 e. The summed E-state index contributed by atoms with van der Waals surface area (Å²) in [5.41, 5.74) is 0. The van der Waals surface area contributed by atoms with Gasteiger partial charge in [0.2, 0.25) is 0 Å². The molecule has 0 saturated carbocycles. The standard InChI is InChI=1S/C12H26NO2S.Na/c1-2-3-4-5-6-7-8-9-10-11-12-16(13,14)15;/h2-12H2,1H3,(H-,13,14,15);/q-1;+1. The van der Waals surface area contributed by atoms with Gasteiger partial charge in [-0.25, -0.2) is 8.42 Å². The first-order valence-electron chi connectivity index (χ1n) is 6.53. The van der Waals surface area contributed by atoms with Gasteiger partial charge in [-0.3, -0.25) is 0 Å². The van der Waals surface area contributed by atoms with Gasteiger partial charge >= 0.3 is 29.6 Å². The van der Waals surface area contributed by atoms with E-state index in [0.29, 0.717) is 6.42 Å². The number of sulfonamides is 1. The van der Waals surface area contributed by atoms with Crippen molar-refractivity contribution in [3.8, 4) is 0 Å². The summed E-state index contributed by atoms with van der Waals surface area (Å²) in [5, 5.41) is 6.71. The van der Waals surface area contributed by atoms with Gasteiger partial charge in [-0.05, 0) is 6.42 Å². The summed E-state index contributed by atoms with van der Waals surface area (Å²) in [6.45, 7) is 2.22. The largest absolute Gasteiger partial charge is 1.00 e. The summed E-state index contributed by atoms with van der Waals surface area (Å²) in [4.78, 5) is 0. The molecule has 0 unspecified atom stereocenters. The van der Waals surface area contributed by atoms with Crippen LogP contribution in [0.25, 0.3) is 5.14 Å². The van der Waals surface area contributed by atoms with Gasteiger partial charge < -0.3 is 5.14 Å². The molecular formula is C12H26NNaO2S. The van der Waals surface area contributed by atoms with Crippen LogP contribution in [0.5, 0.6) is 0 Å². The molecule has 0 aliphatic carbocycles. The Hall–Kier alpha value is 0.910. The van der Waals surface area contributed by atoms with Crippen molar-refractivity contribution in [2.75, 3.05) is 5.75 Å². The zero-order valence-corrected chi connectivity index (χ0v) is 14.3. The van der Waals surface area contributed by atoms with Crippen LogP contribution >= 0.6 is 0 Å². The monoisotopic (exact) mass is 271 g/mol. The number of hydrogen-bond donors (Lipinski definition) is 0. The third-order valence-electron chi connectivity index (χ3n) is 2.77. The Morgan fingerprint density at radius 1 is 0.765 bits per heavy atom. The molecule has 0 heterocycles.